The van der Waals surface area contributed by atoms with Gasteiger partial charge in [-0.2, -0.15) is 0 Å². The van der Waals surface area contributed by atoms with Gasteiger partial charge in [-0.1, -0.05) is 12.6 Å². The molecule has 7 nitrogen and oxygen atoms in total. The third kappa shape index (κ3) is 3.08. The van der Waals surface area contributed by atoms with E-state index in [9.17, 15) is 14.4 Å². The molecule has 0 aliphatic heterocycles. The lowest BCUT2D eigenvalue weighted by molar-refractivity contribution is -0.112. The van der Waals surface area contributed by atoms with Gasteiger partial charge in [0.05, 0.1) is 5.69 Å². The Hall–Kier alpha value is -3.09. The Morgan fingerprint density at radius 1 is 1.33 bits per heavy atom. The van der Waals surface area contributed by atoms with Crippen LogP contribution in [0.1, 0.15) is 17.4 Å². The first-order chi connectivity index (χ1) is 9.88. The van der Waals surface area contributed by atoms with Crippen LogP contribution in [0.4, 0.5) is 5.69 Å². The van der Waals surface area contributed by atoms with Crippen molar-refractivity contribution in [2.24, 2.45) is 0 Å². The maximum Gasteiger partial charge on any atom is 0.353 e. The van der Waals surface area contributed by atoms with Crippen LogP contribution >= 0.6 is 0 Å². The number of carboxylic acid groups (broad SMARTS) is 1. The molecule has 21 heavy (non-hydrogen) atoms. The molecule has 0 saturated carbocycles. The number of aromatic amines is 1. The van der Waals surface area contributed by atoms with Crippen molar-refractivity contribution in [1.29, 1.82) is 0 Å². The van der Waals surface area contributed by atoms with E-state index in [0.717, 1.165) is 10.7 Å². The number of carboxylic acids is 1. The Kier molecular flexibility index (Phi) is 3.75. The maximum absolute atomic E-state index is 11.8. The van der Waals surface area contributed by atoms with Crippen LogP contribution in [0.25, 0.3) is 5.69 Å². The second-order valence-corrected chi connectivity index (χ2v) is 4.43. The minimum atomic E-state index is -1.22. The van der Waals surface area contributed by atoms with Crippen LogP contribution in [0.2, 0.25) is 0 Å². The third-order valence-corrected chi connectivity index (χ3v) is 2.70. The van der Waals surface area contributed by atoms with Crippen molar-refractivity contribution in [3.05, 3.63) is 58.5 Å². The number of benzene rings is 1. The predicted molar refractivity (Wildman–Crippen MR) is 76.8 cm³/mol. The highest BCUT2D eigenvalue weighted by molar-refractivity contribution is 6.02. The van der Waals surface area contributed by atoms with E-state index in [1.165, 1.54) is 0 Å². The van der Waals surface area contributed by atoms with Gasteiger partial charge in [0.25, 0.3) is 11.5 Å². The Morgan fingerprint density at radius 2 is 2.05 bits per heavy atom. The van der Waals surface area contributed by atoms with E-state index >= 15 is 0 Å². The molecule has 1 amide bonds. The van der Waals surface area contributed by atoms with E-state index in [4.69, 9.17) is 5.11 Å². The standard InChI is InChI=1S/C14H13N3O4/c1-8(2)13(19)15-9-4-3-5-10(6-9)17-12(18)7-11(16-17)14(20)21/h3-7,16H,1H2,2H3,(H,15,19)(H,20,21). The molecule has 2 rings (SSSR count). The molecule has 0 fully saturated rings. The number of aromatic nitrogens is 2. The minimum Gasteiger partial charge on any atom is -0.477 e. The molecule has 2 aromatic rings. The fourth-order valence-corrected chi connectivity index (χ4v) is 1.66. The number of hydrogen-bond donors (Lipinski definition) is 3. The minimum absolute atomic E-state index is 0.212. The summed E-state index contributed by atoms with van der Waals surface area (Å²) in [6.07, 6.45) is 0. The number of nitrogens with zero attached hydrogens (tertiary/aromatic N) is 1. The molecule has 1 aromatic heterocycles. The van der Waals surface area contributed by atoms with Gasteiger partial charge in [0, 0.05) is 17.3 Å². The average molecular weight is 287 g/mol. The van der Waals surface area contributed by atoms with E-state index in [1.807, 2.05) is 0 Å². The van der Waals surface area contributed by atoms with Gasteiger partial charge in [-0.05, 0) is 25.1 Å². The molecule has 0 aliphatic carbocycles. The largest absolute Gasteiger partial charge is 0.477 e. The van der Waals surface area contributed by atoms with Crippen LogP contribution < -0.4 is 10.9 Å². The Labute approximate surface area is 119 Å². The summed E-state index contributed by atoms with van der Waals surface area (Å²) in [5.41, 5.74) is 0.517. The number of hydrogen-bond acceptors (Lipinski definition) is 3. The molecule has 0 saturated heterocycles. The molecule has 0 unspecified atom stereocenters. The normalized spacial score (nSPS) is 10.1. The van der Waals surface area contributed by atoms with Crippen LogP contribution in [0.15, 0.2) is 47.3 Å². The summed E-state index contributed by atoms with van der Waals surface area (Å²) in [5.74, 6) is -1.56. The highest BCUT2D eigenvalue weighted by Gasteiger charge is 2.11. The average Bonchev–Trinajstić information content (AvgIpc) is 2.81. The van der Waals surface area contributed by atoms with Crippen molar-refractivity contribution < 1.29 is 14.7 Å². The summed E-state index contributed by atoms with van der Waals surface area (Å²) in [6.45, 7) is 5.11. The number of carbonyl (C=O) groups excluding carboxylic acids is 1. The van der Waals surface area contributed by atoms with Gasteiger partial charge in [0.1, 0.15) is 5.69 Å². The molecule has 3 N–H and O–H groups in total. The van der Waals surface area contributed by atoms with Crippen LogP contribution in [-0.4, -0.2) is 26.8 Å². The number of aromatic carboxylic acids is 1. The third-order valence-electron chi connectivity index (χ3n) is 2.70. The van der Waals surface area contributed by atoms with Gasteiger partial charge in [-0.3, -0.25) is 14.7 Å². The van der Waals surface area contributed by atoms with Gasteiger partial charge in [-0.25, -0.2) is 9.48 Å². The highest BCUT2D eigenvalue weighted by Crippen LogP contribution is 2.14. The molecule has 0 atom stereocenters. The lowest BCUT2D eigenvalue weighted by Crippen LogP contribution is -2.15. The molecule has 108 valence electrons. The topological polar surface area (TPSA) is 104 Å². The zero-order valence-corrected chi connectivity index (χ0v) is 11.2. The second-order valence-electron chi connectivity index (χ2n) is 4.43. The van der Waals surface area contributed by atoms with Crippen LogP contribution in [0.3, 0.4) is 0 Å². The zero-order valence-electron chi connectivity index (χ0n) is 11.2. The van der Waals surface area contributed by atoms with Gasteiger partial charge in [0.2, 0.25) is 0 Å². The van der Waals surface area contributed by atoms with Gasteiger partial charge < -0.3 is 10.4 Å². The number of rotatable bonds is 4. The lowest BCUT2D eigenvalue weighted by atomic mass is 10.2. The molecule has 0 radical (unpaired) electrons. The van der Waals surface area contributed by atoms with Crippen molar-refractivity contribution in [3.8, 4) is 5.69 Å². The molecule has 1 heterocycles. The molecule has 7 heteroatoms. The van der Waals surface area contributed by atoms with Gasteiger partial charge in [-0.15, -0.1) is 0 Å². The Bertz CT molecular complexity index is 786. The lowest BCUT2D eigenvalue weighted by Gasteiger charge is -2.07. The van der Waals surface area contributed by atoms with Crippen molar-refractivity contribution in [3.63, 3.8) is 0 Å². The zero-order chi connectivity index (χ0) is 15.6. The summed E-state index contributed by atoms with van der Waals surface area (Å²) in [7, 11) is 0. The Morgan fingerprint density at radius 3 is 2.62 bits per heavy atom. The summed E-state index contributed by atoms with van der Waals surface area (Å²) < 4.78 is 1.08. The van der Waals surface area contributed by atoms with Crippen molar-refractivity contribution >= 4 is 17.6 Å². The summed E-state index contributed by atoms with van der Waals surface area (Å²) in [6, 6.07) is 7.43. The van der Waals surface area contributed by atoms with Crippen molar-refractivity contribution in [2.75, 3.05) is 5.32 Å². The van der Waals surface area contributed by atoms with E-state index < -0.39 is 11.5 Å². The maximum atomic E-state index is 11.8. The van der Waals surface area contributed by atoms with E-state index in [1.54, 1.807) is 31.2 Å². The smallest absolute Gasteiger partial charge is 0.353 e. The fraction of sp³-hybridized carbons (Fsp3) is 0.0714. The SMILES string of the molecule is C=C(C)C(=O)Nc1cccc(-n2[nH]c(C(=O)O)cc2=O)c1. The molecule has 0 bridgehead atoms. The van der Waals surface area contributed by atoms with Gasteiger partial charge in [0.15, 0.2) is 0 Å². The first kappa shape index (κ1) is 14.3. The van der Waals surface area contributed by atoms with Crippen molar-refractivity contribution in [1.82, 2.24) is 9.78 Å². The highest BCUT2D eigenvalue weighted by atomic mass is 16.4. The first-order valence-electron chi connectivity index (χ1n) is 6.01. The summed E-state index contributed by atoms with van der Waals surface area (Å²) in [5, 5.41) is 13.9. The molecule has 1 aromatic carbocycles. The molecule has 0 aliphatic rings. The number of carbonyl (C=O) groups is 2. The molecular weight excluding hydrogens is 274 g/mol. The van der Waals surface area contributed by atoms with E-state index in [2.05, 4.69) is 17.0 Å². The van der Waals surface area contributed by atoms with E-state index in [0.29, 0.717) is 16.9 Å². The van der Waals surface area contributed by atoms with E-state index in [-0.39, 0.29) is 11.6 Å². The number of anilines is 1. The monoisotopic (exact) mass is 287 g/mol. The quantitative estimate of drug-likeness (QED) is 0.739. The number of amides is 1. The first-order valence-corrected chi connectivity index (χ1v) is 6.01. The number of nitrogens with one attached hydrogen (secondary N) is 2. The summed E-state index contributed by atoms with van der Waals surface area (Å²) >= 11 is 0. The second kappa shape index (κ2) is 5.49. The summed E-state index contributed by atoms with van der Waals surface area (Å²) in [4.78, 5) is 34.1. The number of H-pyrrole nitrogens is 1. The van der Waals surface area contributed by atoms with Crippen LogP contribution in [0, 0.1) is 0 Å². The van der Waals surface area contributed by atoms with Crippen LogP contribution in [0.5, 0.6) is 0 Å². The molecular formula is C14H13N3O4. The predicted octanol–water partition coefficient (Wildman–Crippen LogP) is 1.38. The van der Waals surface area contributed by atoms with Crippen LogP contribution in [-0.2, 0) is 4.79 Å². The van der Waals surface area contributed by atoms with Gasteiger partial charge >= 0.3 is 5.97 Å². The Balaban J connectivity index is 2.37. The fourth-order valence-electron chi connectivity index (χ4n) is 1.66. The van der Waals surface area contributed by atoms with Crippen molar-refractivity contribution in [2.45, 2.75) is 6.92 Å². The molecule has 0 spiro atoms.